The summed E-state index contributed by atoms with van der Waals surface area (Å²) in [7, 11) is 0. The van der Waals surface area contributed by atoms with Gasteiger partial charge in [-0.25, -0.2) is 15.8 Å². The standard InChI is InChI=1S/C17H20N4/c18-21-17-14-6-3-7-15(14)19-16(20-17)13-9-8-11-4-1-2-5-12(11)10-13/h1-2,4-5,13H,3,6-10,18H2,(H,19,20,21). The molecule has 4 nitrogen and oxygen atoms in total. The lowest BCUT2D eigenvalue weighted by Gasteiger charge is -2.24. The monoisotopic (exact) mass is 280 g/mol. The van der Waals surface area contributed by atoms with Gasteiger partial charge in [-0.15, -0.1) is 0 Å². The SMILES string of the molecule is NNc1nc(C2CCc3ccccc3C2)nc2c1CCC2. The van der Waals surface area contributed by atoms with Crippen molar-refractivity contribution < 1.29 is 0 Å². The zero-order chi connectivity index (χ0) is 14.2. The number of hydrazine groups is 1. The largest absolute Gasteiger partial charge is 0.308 e. The van der Waals surface area contributed by atoms with Crippen molar-refractivity contribution in [1.82, 2.24) is 9.97 Å². The molecule has 0 amide bonds. The molecule has 4 rings (SSSR count). The van der Waals surface area contributed by atoms with Crippen LogP contribution in [-0.2, 0) is 25.7 Å². The lowest BCUT2D eigenvalue weighted by Crippen LogP contribution is -2.19. The molecule has 1 atom stereocenters. The Morgan fingerprint density at radius 2 is 1.90 bits per heavy atom. The molecule has 1 aromatic heterocycles. The minimum atomic E-state index is 0.415. The second-order valence-corrected chi connectivity index (χ2v) is 6.06. The van der Waals surface area contributed by atoms with E-state index >= 15 is 0 Å². The van der Waals surface area contributed by atoms with Crippen molar-refractivity contribution in [2.45, 2.75) is 44.4 Å². The van der Waals surface area contributed by atoms with Crippen LogP contribution in [0.4, 0.5) is 5.82 Å². The van der Waals surface area contributed by atoms with Gasteiger partial charge in [0.2, 0.25) is 0 Å². The van der Waals surface area contributed by atoms with E-state index in [2.05, 4.69) is 29.7 Å². The Hall–Kier alpha value is -1.94. The second kappa shape index (κ2) is 5.11. The number of rotatable bonds is 2. The first-order valence-corrected chi connectivity index (χ1v) is 7.78. The van der Waals surface area contributed by atoms with Crippen LogP contribution < -0.4 is 11.3 Å². The van der Waals surface area contributed by atoms with Crippen LogP contribution in [-0.4, -0.2) is 9.97 Å². The van der Waals surface area contributed by atoms with Gasteiger partial charge in [0.25, 0.3) is 0 Å². The van der Waals surface area contributed by atoms with E-state index in [-0.39, 0.29) is 0 Å². The molecule has 0 fully saturated rings. The molecule has 1 heterocycles. The van der Waals surface area contributed by atoms with Crippen LogP contribution >= 0.6 is 0 Å². The fourth-order valence-electron chi connectivity index (χ4n) is 3.67. The third-order valence-corrected chi connectivity index (χ3v) is 4.80. The highest BCUT2D eigenvalue weighted by molar-refractivity contribution is 5.48. The van der Waals surface area contributed by atoms with Crippen molar-refractivity contribution in [3.05, 3.63) is 52.5 Å². The minimum absolute atomic E-state index is 0.415. The third-order valence-electron chi connectivity index (χ3n) is 4.80. The van der Waals surface area contributed by atoms with Crippen molar-refractivity contribution in [2.24, 2.45) is 5.84 Å². The van der Waals surface area contributed by atoms with Gasteiger partial charge >= 0.3 is 0 Å². The number of hydrogen-bond donors (Lipinski definition) is 2. The van der Waals surface area contributed by atoms with Crippen molar-refractivity contribution in [3.63, 3.8) is 0 Å². The first-order valence-electron chi connectivity index (χ1n) is 7.78. The number of aromatic nitrogens is 2. The summed E-state index contributed by atoms with van der Waals surface area (Å²) in [6, 6.07) is 8.72. The molecular formula is C17H20N4. The summed E-state index contributed by atoms with van der Waals surface area (Å²) >= 11 is 0. The quantitative estimate of drug-likeness (QED) is 0.655. The minimum Gasteiger partial charge on any atom is -0.308 e. The lowest BCUT2D eigenvalue weighted by molar-refractivity contribution is 0.553. The number of nitrogen functional groups attached to an aromatic ring is 1. The number of fused-ring (bicyclic) bond motifs is 2. The number of anilines is 1. The van der Waals surface area contributed by atoms with Gasteiger partial charge < -0.3 is 5.43 Å². The summed E-state index contributed by atoms with van der Waals surface area (Å²) in [5.74, 6) is 7.88. The highest BCUT2D eigenvalue weighted by Crippen LogP contribution is 2.33. The van der Waals surface area contributed by atoms with Crippen LogP contribution in [0.3, 0.4) is 0 Å². The average Bonchev–Trinajstić information content (AvgIpc) is 3.02. The summed E-state index contributed by atoms with van der Waals surface area (Å²) in [5, 5.41) is 0. The van der Waals surface area contributed by atoms with Crippen LogP contribution in [0.5, 0.6) is 0 Å². The van der Waals surface area contributed by atoms with Crippen LogP contribution in [0.25, 0.3) is 0 Å². The summed E-state index contributed by atoms with van der Waals surface area (Å²) in [4.78, 5) is 9.56. The van der Waals surface area contributed by atoms with E-state index in [1.54, 1.807) is 0 Å². The van der Waals surface area contributed by atoms with Crippen molar-refractivity contribution in [3.8, 4) is 0 Å². The maximum atomic E-state index is 5.66. The van der Waals surface area contributed by atoms with E-state index < -0.39 is 0 Å². The van der Waals surface area contributed by atoms with Gasteiger partial charge in [0.15, 0.2) is 0 Å². The predicted octanol–water partition coefficient (Wildman–Crippen LogP) is 2.52. The van der Waals surface area contributed by atoms with E-state index in [0.29, 0.717) is 5.92 Å². The summed E-state index contributed by atoms with van der Waals surface area (Å²) in [6.07, 6.45) is 6.55. The first-order chi connectivity index (χ1) is 10.3. The number of nitrogens with one attached hydrogen (secondary N) is 1. The second-order valence-electron chi connectivity index (χ2n) is 6.06. The number of benzene rings is 1. The zero-order valence-electron chi connectivity index (χ0n) is 12.1. The molecule has 1 aromatic carbocycles. The Bertz CT molecular complexity index is 680. The number of aryl methyl sites for hydroxylation is 2. The molecule has 4 heteroatoms. The maximum Gasteiger partial charge on any atom is 0.147 e. The van der Waals surface area contributed by atoms with Gasteiger partial charge in [0.05, 0.1) is 0 Å². The molecule has 21 heavy (non-hydrogen) atoms. The Labute approximate surface area is 124 Å². The van der Waals surface area contributed by atoms with Gasteiger partial charge in [-0.2, -0.15) is 0 Å². The molecule has 108 valence electrons. The molecule has 0 saturated carbocycles. The van der Waals surface area contributed by atoms with Crippen LogP contribution in [0, 0.1) is 0 Å². The molecule has 0 spiro atoms. The molecule has 1 unspecified atom stereocenters. The number of hydrogen-bond acceptors (Lipinski definition) is 4. The molecule has 0 saturated heterocycles. The topological polar surface area (TPSA) is 63.8 Å². The molecular weight excluding hydrogens is 260 g/mol. The highest BCUT2D eigenvalue weighted by atomic mass is 15.3. The van der Waals surface area contributed by atoms with Gasteiger partial charge in [-0.05, 0) is 49.7 Å². The maximum absolute atomic E-state index is 5.66. The van der Waals surface area contributed by atoms with Crippen molar-refractivity contribution >= 4 is 5.82 Å². The van der Waals surface area contributed by atoms with E-state index in [1.165, 1.54) is 22.4 Å². The summed E-state index contributed by atoms with van der Waals surface area (Å²) in [5.41, 5.74) is 8.12. The van der Waals surface area contributed by atoms with E-state index in [1.807, 2.05) is 0 Å². The van der Waals surface area contributed by atoms with Gasteiger partial charge in [0, 0.05) is 17.2 Å². The fraction of sp³-hybridized carbons (Fsp3) is 0.412. The first kappa shape index (κ1) is 12.8. The number of nitrogens with two attached hydrogens (primary N) is 1. The molecule has 2 aliphatic carbocycles. The summed E-state index contributed by atoms with van der Waals surface area (Å²) < 4.78 is 0. The molecule has 3 N–H and O–H groups in total. The van der Waals surface area contributed by atoms with Crippen LogP contribution in [0.1, 0.15) is 47.0 Å². The fourth-order valence-corrected chi connectivity index (χ4v) is 3.67. The lowest BCUT2D eigenvalue weighted by atomic mass is 9.83. The predicted molar refractivity (Wildman–Crippen MR) is 83.1 cm³/mol. The molecule has 0 aliphatic heterocycles. The molecule has 0 radical (unpaired) electrons. The Morgan fingerprint density at radius 1 is 1.05 bits per heavy atom. The Morgan fingerprint density at radius 3 is 2.76 bits per heavy atom. The normalized spacial score (nSPS) is 20.0. The third kappa shape index (κ3) is 2.20. The van der Waals surface area contributed by atoms with Crippen LogP contribution in [0.15, 0.2) is 24.3 Å². The van der Waals surface area contributed by atoms with Crippen molar-refractivity contribution in [1.29, 1.82) is 0 Å². The highest BCUT2D eigenvalue weighted by Gasteiger charge is 2.25. The Balaban J connectivity index is 1.69. The molecule has 0 bridgehead atoms. The van der Waals surface area contributed by atoms with E-state index in [4.69, 9.17) is 15.8 Å². The summed E-state index contributed by atoms with van der Waals surface area (Å²) in [6.45, 7) is 0. The Kier molecular flexibility index (Phi) is 3.11. The van der Waals surface area contributed by atoms with Gasteiger partial charge in [0.1, 0.15) is 11.6 Å². The van der Waals surface area contributed by atoms with E-state index in [0.717, 1.165) is 50.2 Å². The average molecular weight is 280 g/mol. The zero-order valence-corrected chi connectivity index (χ0v) is 12.1. The smallest absolute Gasteiger partial charge is 0.147 e. The van der Waals surface area contributed by atoms with Crippen LogP contribution in [0.2, 0.25) is 0 Å². The van der Waals surface area contributed by atoms with Gasteiger partial charge in [-0.3, -0.25) is 0 Å². The van der Waals surface area contributed by atoms with E-state index in [9.17, 15) is 0 Å². The molecule has 2 aromatic rings. The molecule has 2 aliphatic rings. The van der Waals surface area contributed by atoms with Crippen molar-refractivity contribution in [2.75, 3.05) is 5.43 Å². The van der Waals surface area contributed by atoms with Gasteiger partial charge in [-0.1, -0.05) is 24.3 Å². The number of nitrogens with zero attached hydrogens (tertiary/aromatic N) is 2.